The SMILES string of the molecule is [2H][13c]1[13c]([2H])[13c]([2H])[13c](C(=O)OCc2ccccc2)[13c](C(=O)OCCCC)[13c]1[2H]. The van der Waals surface area contributed by atoms with E-state index in [-0.39, 0.29) is 13.2 Å². The lowest BCUT2D eigenvalue weighted by molar-refractivity contribution is 0.0437. The van der Waals surface area contributed by atoms with Gasteiger partial charge < -0.3 is 9.47 Å². The number of rotatable bonds is 7. The summed E-state index contributed by atoms with van der Waals surface area (Å²) < 4.78 is 41.7. The fraction of sp³-hybridized carbons (Fsp3) is 0.263. The molecule has 23 heavy (non-hydrogen) atoms. The van der Waals surface area contributed by atoms with Crippen LogP contribution in [0.2, 0.25) is 0 Å². The van der Waals surface area contributed by atoms with Gasteiger partial charge in [0.2, 0.25) is 0 Å². The minimum Gasteiger partial charge on any atom is -0.462 e. The number of carbonyl (C=O) groups excluding carboxylic acids is 2. The highest BCUT2D eigenvalue weighted by molar-refractivity contribution is 6.03. The van der Waals surface area contributed by atoms with E-state index in [1.54, 1.807) is 24.3 Å². The Morgan fingerprint density at radius 3 is 2.22 bits per heavy atom. The normalized spacial score (nSPS) is 12.6. The van der Waals surface area contributed by atoms with Crippen LogP contribution < -0.4 is 0 Å². The molecule has 2 rings (SSSR count). The third-order valence-electron chi connectivity index (χ3n) is 3.04. The van der Waals surface area contributed by atoms with Gasteiger partial charge in [-0.3, -0.25) is 0 Å². The second-order valence-corrected chi connectivity index (χ2v) is 4.80. The maximum Gasteiger partial charge on any atom is 0.339 e. The lowest BCUT2D eigenvalue weighted by Gasteiger charge is -2.09. The second kappa shape index (κ2) is 8.73. The summed E-state index contributed by atoms with van der Waals surface area (Å²) in [5, 5.41) is 0. The molecule has 0 saturated heterocycles. The van der Waals surface area contributed by atoms with Gasteiger partial charge in [-0.15, -0.1) is 0 Å². The molecule has 0 aromatic heterocycles. The van der Waals surface area contributed by atoms with E-state index in [0.29, 0.717) is 12.0 Å². The van der Waals surface area contributed by atoms with Crippen LogP contribution in [0.1, 0.15) is 51.5 Å². The fourth-order valence-electron chi connectivity index (χ4n) is 1.80. The number of carbonyl (C=O) groups is 2. The number of unbranched alkanes of at least 4 members (excludes halogenated alkanes) is 1. The summed E-state index contributed by atoms with van der Waals surface area (Å²) in [6, 6.07) is 6.37. The molecule has 0 amide bonds. The Hall–Kier alpha value is -2.62. The molecule has 0 aliphatic rings. The van der Waals surface area contributed by atoms with Crippen molar-refractivity contribution in [3.8, 4) is 0 Å². The van der Waals surface area contributed by atoms with E-state index >= 15 is 0 Å². The maximum atomic E-state index is 12.5. The summed E-state index contributed by atoms with van der Waals surface area (Å²) in [5.74, 6) is -1.98. The van der Waals surface area contributed by atoms with Gasteiger partial charge in [0.1, 0.15) is 6.61 Å². The van der Waals surface area contributed by atoms with Crippen molar-refractivity contribution >= 4 is 11.9 Å². The molecule has 0 bridgehead atoms. The average Bonchev–Trinajstić information content (AvgIpc) is 2.68. The lowest BCUT2D eigenvalue weighted by Crippen LogP contribution is -2.14. The zero-order valence-corrected chi connectivity index (χ0v) is 12.8. The Bertz CT molecular complexity index is 838. The smallest absolute Gasteiger partial charge is 0.339 e. The van der Waals surface area contributed by atoms with Gasteiger partial charge in [0.05, 0.1) is 23.2 Å². The van der Waals surface area contributed by atoms with E-state index in [9.17, 15) is 9.59 Å². The summed E-state index contributed by atoms with van der Waals surface area (Å²) in [6.07, 6.45) is 1.39. The highest BCUT2D eigenvalue weighted by Gasteiger charge is 2.18. The molecule has 0 radical (unpaired) electrons. The van der Waals surface area contributed by atoms with Crippen molar-refractivity contribution in [3.63, 3.8) is 0 Å². The minimum atomic E-state index is -1.01. The third-order valence-corrected chi connectivity index (χ3v) is 3.04. The van der Waals surface area contributed by atoms with Gasteiger partial charge in [-0.25, -0.2) is 9.59 Å². The largest absolute Gasteiger partial charge is 0.462 e. The van der Waals surface area contributed by atoms with Crippen molar-refractivity contribution in [2.24, 2.45) is 0 Å². The maximum absolute atomic E-state index is 12.5. The molecule has 120 valence electrons. The molecule has 2 aromatic rings. The summed E-state index contributed by atoms with van der Waals surface area (Å²) in [4.78, 5) is 24.9. The first-order chi connectivity index (χ1) is 12.9. The third kappa shape index (κ3) is 4.95. The van der Waals surface area contributed by atoms with E-state index < -0.39 is 47.2 Å². The van der Waals surface area contributed by atoms with Gasteiger partial charge in [0, 0.05) is 0 Å². The van der Waals surface area contributed by atoms with Crippen LogP contribution in [-0.2, 0) is 16.1 Å². The quantitative estimate of drug-likeness (QED) is 0.571. The van der Waals surface area contributed by atoms with Crippen LogP contribution in [-0.4, -0.2) is 18.5 Å². The highest BCUT2D eigenvalue weighted by Crippen LogP contribution is 2.13. The molecule has 0 aliphatic heterocycles. The molecule has 2 aromatic carbocycles. The number of hydrogen-bond donors (Lipinski definition) is 0. The molecule has 0 unspecified atom stereocenters. The zero-order valence-electron chi connectivity index (χ0n) is 16.8. The monoisotopic (exact) mass is 322 g/mol. The van der Waals surface area contributed by atoms with Gasteiger partial charge >= 0.3 is 11.9 Å². The van der Waals surface area contributed by atoms with Crippen molar-refractivity contribution in [1.29, 1.82) is 0 Å². The molecule has 0 spiro atoms. The van der Waals surface area contributed by atoms with Crippen LogP contribution in [0.5, 0.6) is 0 Å². The first kappa shape index (κ1) is 11.9. The van der Waals surface area contributed by atoms with E-state index in [4.69, 9.17) is 15.0 Å². The second-order valence-electron chi connectivity index (χ2n) is 4.80. The van der Waals surface area contributed by atoms with Crippen LogP contribution in [0.25, 0.3) is 0 Å². The summed E-state index contributed by atoms with van der Waals surface area (Å²) in [6.45, 7) is 1.91. The molecule has 0 saturated carbocycles. The molecular formula is C19H20O4. The summed E-state index contributed by atoms with van der Waals surface area (Å²) >= 11 is 0. The predicted octanol–water partition coefficient (Wildman–Crippen LogP) is 4.00. The summed E-state index contributed by atoms with van der Waals surface area (Å²) in [7, 11) is 0. The Morgan fingerprint density at radius 1 is 1.00 bits per heavy atom. The number of hydrogen-bond acceptors (Lipinski definition) is 4. The zero-order chi connectivity index (χ0) is 20.0. The van der Waals surface area contributed by atoms with Crippen molar-refractivity contribution < 1.29 is 24.5 Å². The van der Waals surface area contributed by atoms with E-state index in [2.05, 4.69) is 0 Å². The van der Waals surface area contributed by atoms with Crippen LogP contribution in [0.15, 0.2) is 54.5 Å². The van der Waals surface area contributed by atoms with Crippen molar-refractivity contribution in [2.75, 3.05) is 6.61 Å². The van der Waals surface area contributed by atoms with Gasteiger partial charge in [-0.05, 0) is 24.1 Å². The molecular weight excluding hydrogens is 298 g/mol. The number of esters is 2. The minimum absolute atomic E-state index is 0.0905. The van der Waals surface area contributed by atoms with Crippen LogP contribution in [0, 0.1) is 0 Å². The number of benzene rings is 2. The van der Waals surface area contributed by atoms with Crippen LogP contribution in [0.3, 0.4) is 0 Å². The van der Waals surface area contributed by atoms with Gasteiger partial charge in [-0.1, -0.05) is 55.8 Å². The molecule has 4 nitrogen and oxygen atoms in total. The van der Waals surface area contributed by atoms with Gasteiger partial charge in [0.15, 0.2) is 0 Å². The Balaban J connectivity index is 2.37. The predicted molar refractivity (Wildman–Crippen MR) is 87.2 cm³/mol. The Kier molecular flexibility index (Phi) is 4.51. The van der Waals surface area contributed by atoms with Gasteiger partial charge in [-0.2, -0.15) is 0 Å². The van der Waals surface area contributed by atoms with Crippen LogP contribution >= 0.6 is 0 Å². The van der Waals surface area contributed by atoms with E-state index in [1.807, 2.05) is 13.0 Å². The lowest BCUT2D eigenvalue weighted by atomic mass is 10.2. The highest BCUT2D eigenvalue weighted by atomic mass is 16.5. The summed E-state index contributed by atoms with van der Waals surface area (Å²) in [5.41, 5.74) is -0.313. The van der Waals surface area contributed by atoms with Crippen molar-refractivity contribution in [3.05, 3.63) is 71.2 Å². The van der Waals surface area contributed by atoms with Crippen molar-refractivity contribution in [2.45, 2.75) is 26.4 Å². The first-order valence-corrected chi connectivity index (χ1v) is 7.37. The molecule has 0 N–H and O–H groups in total. The standard InChI is InChI=1S/C19H20O4/c1-2-3-13-22-18(20)16-11-7-8-12-17(16)19(21)23-14-15-9-5-4-6-10-15/h4-12H,2-3,13-14H2,1H3/i7+1D,8+1D,11+1D,12+1D,16+1,17+1. The Labute approximate surface area is 141 Å². The Morgan fingerprint density at radius 2 is 1.61 bits per heavy atom. The molecule has 0 heterocycles. The molecule has 4 heteroatoms. The van der Waals surface area contributed by atoms with Crippen molar-refractivity contribution in [1.82, 2.24) is 0 Å². The molecule has 0 aliphatic carbocycles. The van der Waals surface area contributed by atoms with Gasteiger partial charge in [0.25, 0.3) is 0 Å². The molecule has 0 atom stereocenters. The molecule has 0 fully saturated rings. The first-order valence-electron chi connectivity index (χ1n) is 9.37. The average molecular weight is 322 g/mol. The number of ether oxygens (including phenoxy) is 2. The topological polar surface area (TPSA) is 52.6 Å². The fourth-order valence-corrected chi connectivity index (χ4v) is 1.80. The van der Waals surface area contributed by atoms with E-state index in [1.165, 1.54) is 0 Å². The van der Waals surface area contributed by atoms with Crippen LogP contribution in [0.4, 0.5) is 0 Å². The van der Waals surface area contributed by atoms with E-state index in [0.717, 1.165) is 6.42 Å².